The summed E-state index contributed by atoms with van der Waals surface area (Å²) in [6, 6.07) is 10.4. The van der Waals surface area contributed by atoms with E-state index in [-0.39, 0.29) is 36.0 Å². The Morgan fingerprint density at radius 2 is 1.78 bits per heavy atom. The number of methoxy groups -OCH3 is 1. The summed E-state index contributed by atoms with van der Waals surface area (Å²) in [4.78, 5) is 61.6. The summed E-state index contributed by atoms with van der Waals surface area (Å²) >= 11 is 6.45. The highest BCUT2D eigenvalue weighted by molar-refractivity contribution is 6.35. The van der Waals surface area contributed by atoms with Crippen LogP contribution in [0.2, 0.25) is 5.02 Å². The molecule has 0 bridgehead atoms. The number of nitrogens with one attached hydrogen (secondary N) is 1. The Kier molecular flexibility index (Phi) is 8.32. The lowest BCUT2D eigenvalue weighted by molar-refractivity contribution is -0.140. The SMILES string of the molecule is COC(=O)CCc1nc(Nc2nc3c(c(=O)n(Cc4cc5c(Cl)cccc5n4C(=O)OC(C)(C)C)c(=O)n3C)n2C)ccc1C. The zero-order chi connectivity index (χ0) is 32.8. The average Bonchev–Trinajstić information content (AvgIpc) is 3.51. The molecule has 0 aliphatic heterocycles. The number of anilines is 2. The topological polar surface area (TPSA) is 144 Å². The van der Waals surface area contributed by atoms with Gasteiger partial charge >= 0.3 is 17.8 Å². The number of hydrogen-bond acceptors (Lipinski definition) is 9. The minimum absolute atomic E-state index is 0.163. The molecular formula is C31H34ClN7O6. The molecule has 0 saturated heterocycles. The molecule has 5 aromatic rings. The number of hydrogen-bond donors (Lipinski definition) is 1. The van der Waals surface area contributed by atoms with Gasteiger partial charge in [-0.3, -0.25) is 18.7 Å². The van der Waals surface area contributed by atoms with Gasteiger partial charge in [-0.2, -0.15) is 4.98 Å². The van der Waals surface area contributed by atoms with Crippen LogP contribution in [-0.2, 0) is 41.3 Å². The van der Waals surface area contributed by atoms with E-state index in [2.05, 4.69) is 15.3 Å². The Hall–Kier alpha value is -4.91. The van der Waals surface area contributed by atoms with E-state index in [0.29, 0.717) is 39.6 Å². The number of imidazole rings is 1. The Balaban J connectivity index is 1.57. The van der Waals surface area contributed by atoms with E-state index in [1.165, 1.54) is 23.3 Å². The molecular weight excluding hydrogens is 602 g/mol. The van der Waals surface area contributed by atoms with Gasteiger partial charge in [0.05, 0.1) is 31.3 Å². The van der Waals surface area contributed by atoms with Crippen molar-refractivity contribution in [2.75, 3.05) is 12.4 Å². The first-order valence-electron chi connectivity index (χ1n) is 14.2. The summed E-state index contributed by atoms with van der Waals surface area (Å²) in [5.74, 6) is 0.388. The molecule has 0 fully saturated rings. The van der Waals surface area contributed by atoms with Gasteiger partial charge in [-0.15, -0.1) is 0 Å². The fraction of sp³-hybridized carbons (Fsp3) is 0.355. The minimum Gasteiger partial charge on any atom is -0.469 e. The largest absolute Gasteiger partial charge is 0.469 e. The van der Waals surface area contributed by atoms with Gasteiger partial charge in [-0.25, -0.2) is 19.1 Å². The minimum atomic E-state index is -0.790. The number of rotatable bonds is 7. The van der Waals surface area contributed by atoms with E-state index < -0.39 is 22.9 Å². The van der Waals surface area contributed by atoms with Gasteiger partial charge < -0.3 is 19.4 Å². The maximum Gasteiger partial charge on any atom is 0.419 e. The highest BCUT2D eigenvalue weighted by Crippen LogP contribution is 2.28. The lowest BCUT2D eigenvalue weighted by Crippen LogP contribution is -2.40. The molecule has 1 aromatic carbocycles. The van der Waals surface area contributed by atoms with Crippen LogP contribution in [0.4, 0.5) is 16.6 Å². The quantitative estimate of drug-likeness (QED) is 0.257. The first kappa shape index (κ1) is 31.5. The van der Waals surface area contributed by atoms with Crippen molar-refractivity contribution in [3.63, 3.8) is 0 Å². The second kappa shape index (κ2) is 11.9. The van der Waals surface area contributed by atoms with Crippen LogP contribution in [0.5, 0.6) is 0 Å². The highest BCUT2D eigenvalue weighted by atomic mass is 35.5. The maximum absolute atomic E-state index is 13.9. The Morgan fingerprint density at radius 1 is 1.04 bits per heavy atom. The van der Waals surface area contributed by atoms with Crippen molar-refractivity contribution in [3.05, 3.63) is 79.2 Å². The van der Waals surface area contributed by atoms with Crippen LogP contribution in [0.15, 0.2) is 46.0 Å². The van der Waals surface area contributed by atoms with Crippen LogP contribution in [0, 0.1) is 6.92 Å². The first-order chi connectivity index (χ1) is 21.2. The van der Waals surface area contributed by atoms with Gasteiger partial charge in [0, 0.05) is 36.6 Å². The van der Waals surface area contributed by atoms with E-state index in [9.17, 15) is 19.2 Å². The molecule has 0 aliphatic rings. The molecule has 0 radical (unpaired) electrons. The molecule has 0 amide bonds. The van der Waals surface area contributed by atoms with Crippen LogP contribution >= 0.6 is 11.6 Å². The monoisotopic (exact) mass is 635 g/mol. The molecule has 14 heteroatoms. The Bertz CT molecular complexity index is 2100. The number of halogens is 1. The number of benzene rings is 1. The summed E-state index contributed by atoms with van der Waals surface area (Å²) in [6.07, 6.45) is -0.0914. The van der Waals surface area contributed by atoms with Gasteiger partial charge in [0.15, 0.2) is 11.2 Å². The number of nitrogens with zero attached hydrogens (tertiary/aromatic N) is 6. The van der Waals surface area contributed by atoms with Crippen molar-refractivity contribution < 1.29 is 19.1 Å². The number of aromatic nitrogens is 6. The summed E-state index contributed by atoms with van der Waals surface area (Å²) < 4.78 is 15.6. The van der Waals surface area contributed by atoms with E-state index in [0.717, 1.165) is 10.1 Å². The van der Waals surface area contributed by atoms with Crippen molar-refractivity contribution in [1.29, 1.82) is 0 Å². The third kappa shape index (κ3) is 6.07. The van der Waals surface area contributed by atoms with E-state index >= 15 is 0 Å². The molecule has 0 saturated carbocycles. The molecule has 45 heavy (non-hydrogen) atoms. The summed E-state index contributed by atoms with van der Waals surface area (Å²) in [5, 5.41) is 4.11. The number of carbonyl (C=O) groups excluding carboxylic acids is 2. The van der Waals surface area contributed by atoms with Gasteiger partial charge in [-0.1, -0.05) is 23.7 Å². The molecule has 0 unspecified atom stereocenters. The molecule has 4 heterocycles. The number of fused-ring (bicyclic) bond motifs is 2. The second-order valence-corrected chi connectivity index (χ2v) is 12.1. The van der Waals surface area contributed by atoms with Gasteiger partial charge in [-0.05, 0) is 57.5 Å². The normalized spacial score (nSPS) is 11.7. The van der Waals surface area contributed by atoms with Crippen LogP contribution in [0.1, 0.15) is 44.1 Å². The summed E-state index contributed by atoms with van der Waals surface area (Å²) in [6.45, 7) is 6.91. The molecule has 0 aliphatic carbocycles. The van der Waals surface area contributed by atoms with E-state index in [1.54, 1.807) is 62.7 Å². The number of ether oxygens (including phenoxy) is 2. The smallest absolute Gasteiger partial charge is 0.419 e. The van der Waals surface area contributed by atoms with Crippen LogP contribution < -0.4 is 16.6 Å². The number of carbonyl (C=O) groups is 2. The average molecular weight is 636 g/mol. The molecule has 236 valence electrons. The molecule has 5 rings (SSSR count). The molecule has 0 atom stereocenters. The predicted octanol–water partition coefficient (Wildman–Crippen LogP) is 4.43. The van der Waals surface area contributed by atoms with Crippen molar-refractivity contribution in [3.8, 4) is 0 Å². The predicted molar refractivity (Wildman–Crippen MR) is 170 cm³/mol. The van der Waals surface area contributed by atoms with E-state index in [1.807, 2.05) is 13.0 Å². The van der Waals surface area contributed by atoms with Crippen LogP contribution in [-0.4, -0.2) is 53.0 Å². The fourth-order valence-corrected chi connectivity index (χ4v) is 5.30. The Labute approximate surface area is 263 Å². The number of esters is 1. The number of pyridine rings is 1. The Morgan fingerprint density at radius 3 is 2.47 bits per heavy atom. The third-order valence-electron chi connectivity index (χ3n) is 7.36. The van der Waals surface area contributed by atoms with Gasteiger partial charge in [0.2, 0.25) is 5.95 Å². The second-order valence-electron chi connectivity index (χ2n) is 11.7. The van der Waals surface area contributed by atoms with Crippen molar-refractivity contribution >= 4 is 57.5 Å². The van der Waals surface area contributed by atoms with Crippen molar-refractivity contribution in [1.82, 2.24) is 28.2 Å². The summed E-state index contributed by atoms with van der Waals surface area (Å²) in [5.41, 5.74) is 0.764. The maximum atomic E-state index is 13.9. The van der Waals surface area contributed by atoms with Crippen molar-refractivity contribution in [2.24, 2.45) is 14.1 Å². The molecule has 13 nitrogen and oxygen atoms in total. The summed E-state index contributed by atoms with van der Waals surface area (Å²) in [7, 11) is 4.51. The van der Waals surface area contributed by atoms with Crippen molar-refractivity contribution in [2.45, 2.75) is 52.7 Å². The number of aryl methyl sites for hydroxylation is 4. The standard InChI is InChI=1S/C31H34ClN7O6/c1-17-11-13-23(33-21(17)12-14-24(40)44-7)34-28-35-26-25(36(28)5)27(41)38(29(42)37(26)6)16-18-15-19-20(32)9-8-10-22(19)39(18)30(43)45-31(2,3)4/h8-11,13,15H,12,14,16H2,1-7H3,(H,33,34,35). The lowest BCUT2D eigenvalue weighted by atomic mass is 10.1. The lowest BCUT2D eigenvalue weighted by Gasteiger charge is -2.21. The fourth-order valence-electron chi connectivity index (χ4n) is 5.08. The van der Waals surface area contributed by atoms with Crippen LogP contribution in [0.3, 0.4) is 0 Å². The molecule has 1 N–H and O–H groups in total. The highest BCUT2D eigenvalue weighted by Gasteiger charge is 2.25. The zero-order valence-electron chi connectivity index (χ0n) is 26.1. The first-order valence-corrected chi connectivity index (χ1v) is 14.6. The molecule has 0 spiro atoms. The van der Waals surface area contributed by atoms with Crippen LogP contribution in [0.25, 0.3) is 22.1 Å². The molecule has 4 aromatic heterocycles. The zero-order valence-corrected chi connectivity index (χ0v) is 26.9. The van der Waals surface area contributed by atoms with Gasteiger partial charge in [0.1, 0.15) is 11.4 Å². The third-order valence-corrected chi connectivity index (χ3v) is 7.69. The van der Waals surface area contributed by atoms with Gasteiger partial charge in [0.25, 0.3) is 5.56 Å². The van der Waals surface area contributed by atoms with E-state index in [4.69, 9.17) is 21.1 Å².